The van der Waals surface area contributed by atoms with E-state index in [9.17, 15) is 4.39 Å². The Morgan fingerprint density at radius 3 is 2.96 bits per heavy atom. The van der Waals surface area contributed by atoms with Gasteiger partial charge in [-0.05, 0) is 36.6 Å². The summed E-state index contributed by atoms with van der Waals surface area (Å²) in [7, 11) is 0. The number of hydrogen-bond donors (Lipinski definition) is 2. The van der Waals surface area contributed by atoms with Gasteiger partial charge >= 0.3 is 0 Å². The van der Waals surface area contributed by atoms with Gasteiger partial charge in [0.25, 0.3) is 0 Å². The van der Waals surface area contributed by atoms with Gasteiger partial charge in [-0.15, -0.1) is 0 Å². The summed E-state index contributed by atoms with van der Waals surface area (Å²) in [5.41, 5.74) is 9.91. The van der Waals surface area contributed by atoms with E-state index in [0.717, 1.165) is 28.3 Å². The van der Waals surface area contributed by atoms with Gasteiger partial charge in [-0.2, -0.15) is 0 Å². The van der Waals surface area contributed by atoms with Crippen LogP contribution in [0.3, 0.4) is 0 Å². The molecule has 3 aromatic rings. The molecule has 1 fully saturated rings. The van der Waals surface area contributed by atoms with Crippen LogP contribution < -0.4 is 11.1 Å². The van der Waals surface area contributed by atoms with Gasteiger partial charge < -0.3 is 11.1 Å². The van der Waals surface area contributed by atoms with Crippen LogP contribution in [0.5, 0.6) is 0 Å². The number of aromatic nitrogens is 3. The minimum absolute atomic E-state index is 0.00266. The number of fused-ring (bicyclic) bond motifs is 2. The lowest BCUT2D eigenvalue weighted by atomic mass is 9.85. The molecule has 5 nitrogen and oxygen atoms in total. The van der Waals surface area contributed by atoms with E-state index in [2.05, 4.69) is 14.7 Å². The lowest BCUT2D eigenvalue weighted by Gasteiger charge is -2.23. The monoisotopic (exact) mass is 323 g/mol. The van der Waals surface area contributed by atoms with Crippen molar-refractivity contribution in [3.63, 3.8) is 0 Å². The van der Waals surface area contributed by atoms with Crippen LogP contribution in [0.25, 0.3) is 5.52 Å². The Labute approximate surface area is 138 Å². The van der Waals surface area contributed by atoms with Gasteiger partial charge in [-0.3, -0.25) is 4.40 Å². The van der Waals surface area contributed by atoms with Crippen molar-refractivity contribution in [1.82, 2.24) is 14.4 Å². The zero-order chi connectivity index (χ0) is 16.3. The highest BCUT2D eigenvalue weighted by molar-refractivity contribution is 5.72. The average molecular weight is 323 g/mol. The average Bonchev–Trinajstić information content (AvgIpc) is 3.08. The molecule has 1 aromatic carbocycles. The van der Waals surface area contributed by atoms with Gasteiger partial charge in [-0.1, -0.05) is 6.42 Å². The third-order valence-electron chi connectivity index (χ3n) is 5.26. The molecule has 122 valence electrons. The third-order valence-corrected chi connectivity index (χ3v) is 5.26. The second kappa shape index (κ2) is 4.93. The molecule has 0 saturated heterocycles. The highest BCUT2D eigenvalue weighted by Gasteiger charge is 2.31. The molecule has 3 heterocycles. The molecule has 0 bridgehead atoms. The predicted octanol–water partition coefficient (Wildman–Crippen LogP) is 3.43. The maximum atomic E-state index is 13.5. The summed E-state index contributed by atoms with van der Waals surface area (Å²) >= 11 is 0. The lowest BCUT2D eigenvalue weighted by molar-refractivity contribution is 0.399. The molecule has 3 N–H and O–H groups in total. The first kappa shape index (κ1) is 13.8. The SMILES string of the molecule is Nc1nccn2c(C3CCC3)nc(C3Cc4cc(F)ccc4N3)c12. The summed E-state index contributed by atoms with van der Waals surface area (Å²) in [5, 5.41) is 3.46. The number of rotatable bonds is 2. The second-order valence-electron chi connectivity index (χ2n) is 6.72. The molecular formula is C18H18FN5. The maximum Gasteiger partial charge on any atom is 0.149 e. The van der Waals surface area contributed by atoms with Crippen molar-refractivity contribution in [1.29, 1.82) is 0 Å². The van der Waals surface area contributed by atoms with Crippen LogP contribution in [0.1, 0.15) is 48.3 Å². The van der Waals surface area contributed by atoms with Gasteiger partial charge in [0, 0.05) is 30.4 Å². The van der Waals surface area contributed by atoms with E-state index in [1.54, 1.807) is 18.3 Å². The number of halogens is 1. The van der Waals surface area contributed by atoms with Gasteiger partial charge in [0.2, 0.25) is 0 Å². The molecule has 1 aliphatic carbocycles. The van der Waals surface area contributed by atoms with E-state index in [4.69, 9.17) is 10.7 Å². The predicted molar refractivity (Wildman–Crippen MR) is 90.5 cm³/mol. The molecule has 24 heavy (non-hydrogen) atoms. The summed E-state index contributed by atoms with van der Waals surface area (Å²) in [4.78, 5) is 9.19. The van der Waals surface area contributed by atoms with Crippen LogP contribution in [0.2, 0.25) is 0 Å². The second-order valence-corrected chi connectivity index (χ2v) is 6.72. The number of anilines is 2. The fourth-order valence-corrected chi connectivity index (χ4v) is 3.81. The van der Waals surface area contributed by atoms with E-state index >= 15 is 0 Å². The minimum Gasteiger partial charge on any atom is -0.382 e. The van der Waals surface area contributed by atoms with Crippen LogP contribution in [-0.4, -0.2) is 14.4 Å². The van der Waals surface area contributed by atoms with Gasteiger partial charge in [-0.25, -0.2) is 14.4 Å². The number of nitrogens with one attached hydrogen (secondary N) is 1. The van der Waals surface area contributed by atoms with E-state index < -0.39 is 0 Å². The Morgan fingerprint density at radius 2 is 2.17 bits per heavy atom. The molecule has 6 heteroatoms. The molecule has 5 rings (SSSR count). The van der Waals surface area contributed by atoms with E-state index in [-0.39, 0.29) is 11.9 Å². The Bertz CT molecular complexity index is 944. The fraction of sp³-hybridized carbons (Fsp3) is 0.333. The number of nitrogen functional groups attached to an aromatic ring is 1. The van der Waals surface area contributed by atoms with Crippen molar-refractivity contribution in [2.75, 3.05) is 11.1 Å². The van der Waals surface area contributed by atoms with Crippen LogP contribution in [0.4, 0.5) is 15.9 Å². The summed E-state index contributed by atoms with van der Waals surface area (Å²) in [6.07, 6.45) is 7.97. The molecule has 2 aliphatic rings. The molecule has 0 radical (unpaired) electrons. The standard InChI is InChI=1S/C18H18FN5/c19-12-4-5-13-11(8-12)9-14(22-13)15-16-17(20)21-6-7-24(16)18(23-15)10-2-1-3-10/h4-8,10,14,22H,1-3,9H2,(H2,20,21). The maximum absolute atomic E-state index is 13.5. The van der Waals surface area contributed by atoms with Crippen molar-refractivity contribution in [2.45, 2.75) is 37.6 Å². The first-order valence-corrected chi connectivity index (χ1v) is 8.38. The zero-order valence-corrected chi connectivity index (χ0v) is 13.2. The molecule has 0 amide bonds. The molecule has 1 unspecified atom stereocenters. The number of imidazole rings is 1. The number of nitrogens with two attached hydrogens (primary N) is 1. The summed E-state index contributed by atoms with van der Waals surface area (Å²) in [6.45, 7) is 0. The van der Waals surface area contributed by atoms with Crippen molar-refractivity contribution in [3.05, 3.63) is 53.5 Å². The van der Waals surface area contributed by atoms with Crippen molar-refractivity contribution in [3.8, 4) is 0 Å². The number of benzene rings is 1. The Kier molecular flexibility index (Phi) is 2.83. The minimum atomic E-state index is -0.206. The topological polar surface area (TPSA) is 68.2 Å². The first-order chi connectivity index (χ1) is 11.7. The molecule has 2 aromatic heterocycles. The molecule has 1 aliphatic heterocycles. The molecule has 0 spiro atoms. The highest BCUT2D eigenvalue weighted by Crippen LogP contribution is 2.41. The normalized spacial score (nSPS) is 20.0. The fourth-order valence-electron chi connectivity index (χ4n) is 3.81. The molecule has 1 saturated carbocycles. The largest absolute Gasteiger partial charge is 0.382 e. The Morgan fingerprint density at radius 1 is 1.29 bits per heavy atom. The number of nitrogens with zero attached hydrogens (tertiary/aromatic N) is 3. The first-order valence-electron chi connectivity index (χ1n) is 8.38. The smallest absolute Gasteiger partial charge is 0.149 e. The van der Waals surface area contributed by atoms with Crippen LogP contribution in [0, 0.1) is 5.82 Å². The van der Waals surface area contributed by atoms with Crippen LogP contribution in [0.15, 0.2) is 30.6 Å². The van der Waals surface area contributed by atoms with Crippen molar-refractivity contribution in [2.24, 2.45) is 0 Å². The van der Waals surface area contributed by atoms with E-state index in [1.807, 2.05) is 6.20 Å². The van der Waals surface area contributed by atoms with Crippen LogP contribution >= 0.6 is 0 Å². The zero-order valence-electron chi connectivity index (χ0n) is 13.2. The van der Waals surface area contributed by atoms with Crippen LogP contribution in [-0.2, 0) is 6.42 Å². The molecule has 1 atom stereocenters. The highest BCUT2D eigenvalue weighted by atomic mass is 19.1. The van der Waals surface area contributed by atoms with Crippen molar-refractivity contribution >= 4 is 17.0 Å². The van der Waals surface area contributed by atoms with Crippen molar-refractivity contribution < 1.29 is 4.39 Å². The van der Waals surface area contributed by atoms with Gasteiger partial charge in [0.15, 0.2) is 0 Å². The Hall–Kier alpha value is -2.63. The van der Waals surface area contributed by atoms with E-state index in [1.165, 1.54) is 25.3 Å². The summed E-state index contributed by atoms with van der Waals surface area (Å²) in [6, 6.07) is 4.86. The quantitative estimate of drug-likeness (QED) is 0.758. The lowest BCUT2D eigenvalue weighted by Crippen LogP contribution is -2.13. The Balaban J connectivity index is 1.63. The number of hydrogen-bond acceptors (Lipinski definition) is 4. The van der Waals surface area contributed by atoms with Gasteiger partial charge in [0.05, 0.1) is 11.7 Å². The van der Waals surface area contributed by atoms with E-state index in [0.29, 0.717) is 18.2 Å². The summed E-state index contributed by atoms with van der Waals surface area (Å²) < 4.78 is 15.6. The van der Waals surface area contributed by atoms with Gasteiger partial charge in [0.1, 0.15) is 23.0 Å². The third kappa shape index (κ3) is 1.92. The molecular weight excluding hydrogens is 305 g/mol. The summed E-state index contributed by atoms with van der Waals surface area (Å²) in [5.74, 6) is 1.86.